The largest absolute Gasteiger partial charge is 0.497 e. The molecule has 2 amide bonds. The first kappa shape index (κ1) is 16.8. The van der Waals surface area contributed by atoms with Gasteiger partial charge in [-0.3, -0.25) is 4.98 Å². The molecule has 2 atom stereocenters. The van der Waals surface area contributed by atoms with E-state index in [4.69, 9.17) is 4.74 Å². The van der Waals surface area contributed by atoms with Gasteiger partial charge >= 0.3 is 6.03 Å². The third kappa shape index (κ3) is 3.01. The maximum atomic E-state index is 12.9. The summed E-state index contributed by atoms with van der Waals surface area (Å²) in [6.07, 6.45) is 6.35. The molecule has 2 unspecified atom stereocenters. The number of nitrogens with zero attached hydrogens (tertiary/aromatic N) is 2. The van der Waals surface area contributed by atoms with E-state index < -0.39 is 5.60 Å². The molecule has 0 spiro atoms. The summed E-state index contributed by atoms with van der Waals surface area (Å²) in [4.78, 5) is 18.9. The number of anilines is 1. The van der Waals surface area contributed by atoms with Gasteiger partial charge in [-0.2, -0.15) is 0 Å². The molecule has 1 aromatic carbocycles. The summed E-state index contributed by atoms with van der Waals surface area (Å²) in [6.45, 7) is 0. The summed E-state index contributed by atoms with van der Waals surface area (Å²) in [5.74, 6) is 0.704. The average Bonchev–Trinajstić information content (AvgIpc) is 2.95. The van der Waals surface area contributed by atoms with Crippen molar-refractivity contribution >= 4 is 11.7 Å². The minimum atomic E-state index is -0.910. The lowest BCUT2D eigenvalue weighted by Gasteiger charge is -2.43. The number of ether oxygens (including phenoxy) is 1. The molecule has 6 heteroatoms. The second kappa shape index (κ2) is 6.61. The molecule has 2 aliphatic rings. The molecule has 2 aromatic rings. The molecule has 26 heavy (non-hydrogen) atoms. The number of carbonyl (C=O) groups is 1. The van der Waals surface area contributed by atoms with E-state index in [9.17, 15) is 9.90 Å². The molecule has 1 aromatic heterocycles. The van der Waals surface area contributed by atoms with E-state index in [0.717, 1.165) is 18.4 Å². The van der Waals surface area contributed by atoms with Crippen molar-refractivity contribution in [1.29, 1.82) is 0 Å². The monoisotopic (exact) mass is 353 g/mol. The SMILES string of the molecule is COc1cccc(NC(=O)N2C3CCC2CC(O)(c2cccnc2)C3)c1. The standard InChI is InChI=1S/C20H23N3O3/c1-26-18-6-2-5-15(10-18)22-19(24)23-16-7-8-17(23)12-20(25,11-16)14-4-3-9-21-13-14/h2-6,9-10,13,16-17,25H,7-8,11-12H2,1H3,(H,22,24). The predicted molar refractivity (Wildman–Crippen MR) is 98.0 cm³/mol. The van der Waals surface area contributed by atoms with Crippen LogP contribution in [0.3, 0.4) is 0 Å². The number of fused-ring (bicyclic) bond motifs is 2. The Labute approximate surface area is 152 Å². The Kier molecular flexibility index (Phi) is 4.28. The van der Waals surface area contributed by atoms with Gasteiger partial charge in [0.1, 0.15) is 5.75 Å². The molecule has 0 aliphatic carbocycles. The minimum absolute atomic E-state index is 0.0320. The van der Waals surface area contributed by atoms with E-state index in [1.165, 1.54) is 0 Å². The molecule has 2 fully saturated rings. The maximum Gasteiger partial charge on any atom is 0.322 e. The van der Waals surface area contributed by atoms with Crippen molar-refractivity contribution in [3.8, 4) is 5.75 Å². The van der Waals surface area contributed by atoms with Gasteiger partial charge in [0.25, 0.3) is 0 Å². The Bertz CT molecular complexity index is 782. The number of aliphatic hydroxyl groups is 1. The molecule has 136 valence electrons. The first-order chi connectivity index (χ1) is 12.6. The number of methoxy groups -OCH3 is 1. The molecule has 2 N–H and O–H groups in total. The number of carbonyl (C=O) groups excluding carboxylic acids is 1. The molecule has 2 aliphatic heterocycles. The summed E-state index contributed by atoms with van der Waals surface area (Å²) in [5.41, 5.74) is 0.638. The van der Waals surface area contributed by atoms with Gasteiger partial charge in [0.15, 0.2) is 0 Å². The second-order valence-corrected chi connectivity index (χ2v) is 7.14. The van der Waals surface area contributed by atoms with Crippen molar-refractivity contribution in [1.82, 2.24) is 9.88 Å². The second-order valence-electron chi connectivity index (χ2n) is 7.14. The van der Waals surface area contributed by atoms with Crippen LogP contribution in [0.15, 0.2) is 48.8 Å². The van der Waals surface area contributed by atoms with Crippen molar-refractivity contribution < 1.29 is 14.6 Å². The van der Waals surface area contributed by atoms with E-state index in [2.05, 4.69) is 10.3 Å². The topological polar surface area (TPSA) is 74.7 Å². The molecule has 2 bridgehead atoms. The molecular formula is C20H23N3O3. The van der Waals surface area contributed by atoms with Gasteiger partial charge in [0.05, 0.1) is 12.7 Å². The fourth-order valence-electron chi connectivity index (χ4n) is 4.32. The molecule has 2 saturated heterocycles. The van der Waals surface area contributed by atoms with Crippen LogP contribution in [0.2, 0.25) is 0 Å². The van der Waals surface area contributed by atoms with Gasteiger partial charge in [-0.15, -0.1) is 0 Å². The van der Waals surface area contributed by atoms with Crippen LogP contribution in [0.1, 0.15) is 31.2 Å². The van der Waals surface area contributed by atoms with E-state index >= 15 is 0 Å². The summed E-state index contributed by atoms with van der Waals surface area (Å²) in [6, 6.07) is 11.0. The number of pyridine rings is 1. The highest BCUT2D eigenvalue weighted by Crippen LogP contribution is 2.45. The zero-order valence-electron chi connectivity index (χ0n) is 14.8. The fourth-order valence-corrected chi connectivity index (χ4v) is 4.32. The van der Waals surface area contributed by atoms with E-state index in [0.29, 0.717) is 24.3 Å². The van der Waals surface area contributed by atoms with Crippen LogP contribution >= 0.6 is 0 Å². The fraction of sp³-hybridized carbons (Fsp3) is 0.400. The van der Waals surface area contributed by atoms with Crippen LogP contribution in [-0.4, -0.2) is 40.2 Å². The summed E-state index contributed by atoms with van der Waals surface area (Å²) in [7, 11) is 1.60. The number of hydrogen-bond acceptors (Lipinski definition) is 4. The van der Waals surface area contributed by atoms with Crippen LogP contribution in [0.5, 0.6) is 5.75 Å². The smallest absolute Gasteiger partial charge is 0.322 e. The Balaban J connectivity index is 1.50. The number of urea groups is 1. The zero-order chi connectivity index (χ0) is 18.1. The Morgan fingerprint density at radius 3 is 2.69 bits per heavy atom. The van der Waals surface area contributed by atoms with Gasteiger partial charge in [0.2, 0.25) is 0 Å². The number of benzene rings is 1. The lowest BCUT2D eigenvalue weighted by molar-refractivity contribution is -0.0424. The van der Waals surface area contributed by atoms with Gasteiger partial charge < -0.3 is 20.1 Å². The Morgan fingerprint density at radius 1 is 1.27 bits per heavy atom. The van der Waals surface area contributed by atoms with E-state index in [1.54, 1.807) is 25.6 Å². The van der Waals surface area contributed by atoms with Crippen molar-refractivity contribution in [3.63, 3.8) is 0 Å². The van der Waals surface area contributed by atoms with Crippen LogP contribution in [-0.2, 0) is 5.60 Å². The van der Waals surface area contributed by atoms with Crippen LogP contribution in [0, 0.1) is 0 Å². The van der Waals surface area contributed by atoms with Crippen molar-refractivity contribution in [2.45, 2.75) is 43.4 Å². The molecule has 3 heterocycles. The number of nitrogens with one attached hydrogen (secondary N) is 1. The van der Waals surface area contributed by atoms with Gasteiger partial charge in [-0.05, 0) is 31.0 Å². The lowest BCUT2D eigenvalue weighted by Crippen LogP contribution is -2.53. The molecule has 4 rings (SSSR count). The Morgan fingerprint density at radius 2 is 2.04 bits per heavy atom. The van der Waals surface area contributed by atoms with Crippen molar-refractivity contribution in [2.75, 3.05) is 12.4 Å². The summed E-state index contributed by atoms with van der Waals surface area (Å²) >= 11 is 0. The maximum absolute atomic E-state index is 12.9. The number of piperidine rings is 1. The van der Waals surface area contributed by atoms with Crippen LogP contribution in [0.25, 0.3) is 0 Å². The number of amides is 2. The number of hydrogen-bond donors (Lipinski definition) is 2. The highest BCUT2D eigenvalue weighted by atomic mass is 16.5. The molecular weight excluding hydrogens is 330 g/mol. The van der Waals surface area contributed by atoms with Gasteiger partial charge in [0, 0.05) is 54.6 Å². The first-order valence-corrected chi connectivity index (χ1v) is 8.95. The Hall–Kier alpha value is -2.60. The van der Waals surface area contributed by atoms with Crippen molar-refractivity contribution in [2.24, 2.45) is 0 Å². The van der Waals surface area contributed by atoms with E-state index in [-0.39, 0.29) is 18.1 Å². The third-order valence-corrected chi connectivity index (χ3v) is 5.52. The minimum Gasteiger partial charge on any atom is -0.497 e. The van der Waals surface area contributed by atoms with Gasteiger partial charge in [-0.25, -0.2) is 4.79 Å². The van der Waals surface area contributed by atoms with Crippen molar-refractivity contribution in [3.05, 3.63) is 54.4 Å². The number of aromatic nitrogens is 1. The highest BCUT2D eigenvalue weighted by Gasteiger charge is 2.50. The average molecular weight is 353 g/mol. The van der Waals surface area contributed by atoms with E-state index in [1.807, 2.05) is 35.2 Å². The quantitative estimate of drug-likeness (QED) is 0.889. The summed E-state index contributed by atoms with van der Waals surface area (Å²) < 4.78 is 5.21. The third-order valence-electron chi connectivity index (χ3n) is 5.52. The first-order valence-electron chi connectivity index (χ1n) is 8.95. The lowest BCUT2D eigenvalue weighted by atomic mass is 9.81. The zero-order valence-corrected chi connectivity index (χ0v) is 14.8. The molecule has 0 saturated carbocycles. The predicted octanol–water partition coefficient (Wildman–Crippen LogP) is 3.14. The van der Waals surface area contributed by atoms with Crippen LogP contribution in [0.4, 0.5) is 10.5 Å². The van der Waals surface area contributed by atoms with Gasteiger partial charge in [-0.1, -0.05) is 12.1 Å². The molecule has 6 nitrogen and oxygen atoms in total. The molecule has 0 radical (unpaired) electrons. The summed E-state index contributed by atoms with van der Waals surface area (Å²) in [5, 5.41) is 14.1. The normalized spacial score (nSPS) is 27.2. The number of rotatable bonds is 3. The highest BCUT2D eigenvalue weighted by molar-refractivity contribution is 5.90. The van der Waals surface area contributed by atoms with Crippen LogP contribution < -0.4 is 10.1 Å².